The monoisotopic (exact) mass is 224 g/mol. The largest absolute Gasteiger partial charge is 0.392 e. The highest BCUT2D eigenvalue weighted by Gasteiger charge is 2.50. The molecule has 3 aliphatic rings. The Labute approximate surface area is 98.4 Å². The summed E-state index contributed by atoms with van der Waals surface area (Å²) in [5.41, 5.74) is 0.414. The van der Waals surface area contributed by atoms with E-state index in [2.05, 4.69) is 6.92 Å². The van der Waals surface area contributed by atoms with Gasteiger partial charge >= 0.3 is 0 Å². The molecule has 92 valence electrons. The van der Waals surface area contributed by atoms with Crippen molar-refractivity contribution in [2.75, 3.05) is 6.61 Å². The molecule has 1 aliphatic heterocycles. The molecule has 0 aromatic rings. The third kappa shape index (κ3) is 1.80. The average molecular weight is 224 g/mol. The van der Waals surface area contributed by atoms with Crippen molar-refractivity contribution in [2.45, 2.75) is 70.0 Å². The predicted octanol–water partition coefficient (Wildman–Crippen LogP) is 2.89. The van der Waals surface area contributed by atoms with Crippen LogP contribution in [0.3, 0.4) is 0 Å². The van der Waals surface area contributed by atoms with Crippen LogP contribution in [0.4, 0.5) is 0 Å². The van der Waals surface area contributed by atoms with E-state index < -0.39 is 0 Å². The summed E-state index contributed by atoms with van der Waals surface area (Å²) >= 11 is 0. The van der Waals surface area contributed by atoms with Gasteiger partial charge in [-0.3, -0.25) is 0 Å². The highest BCUT2D eigenvalue weighted by molar-refractivity contribution is 5.01. The molecule has 0 bridgehead atoms. The summed E-state index contributed by atoms with van der Waals surface area (Å²) < 4.78 is 6.03. The number of hydrogen-bond acceptors (Lipinski definition) is 2. The Balaban J connectivity index is 1.67. The van der Waals surface area contributed by atoms with E-state index in [0.717, 1.165) is 19.4 Å². The van der Waals surface area contributed by atoms with Gasteiger partial charge in [0.05, 0.1) is 11.7 Å². The van der Waals surface area contributed by atoms with Gasteiger partial charge in [0.1, 0.15) is 0 Å². The minimum Gasteiger partial charge on any atom is -0.392 e. The van der Waals surface area contributed by atoms with Crippen LogP contribution in [0.5, 0.6) is 0 Å². The lowest BCUT2D eigenvalue weighted by atomic mass is 9.77. The molecule has 2 unspecified atom stereocenters. The zero-order chi connectivity index (χ0) is 11.2. The van der Waals surface area contributed by atoms with Gasteiger partial charge in [-0.25, -0.2) is 0 Å². The Morgan fingerprint density at radius 2 is 1.88 bits per heavy atom. The summed E-state index contributed by atoms with van der Waals surface area (Å²) in [5, 5.41) is 10.5. The molecule has 2 atom stereocenters. The van der Waals surface area contributed by atoms with Crippen molar-refractivity contribution in [1.29, 1.82) is 0 Å². The highest BCUT2D eigenvalue weighted by Crippen LogP contribution is 2.53. The Kier molecular flexibility index (Phi) is 2.56. The van der Waals surface area contributed by atoms with E-state index in [9.17, 15) is 5.11 Å². The summed E-state index contributed by atoms with van der Waals surface area (Å²) in [6.07, 6.45) is 9.65. The van der Waals surface area contributed by atoms with Crippen LogP contribution in [-0.2, 0) is 4.74 Å². The van der Waals surface area contributed by atoms with Gasteiger partial charge in [-0.1, -0.05) is 19.8 Å². The van der Waals surface area contributed by atoms with E-state index in [4.69, 9.17) is 4.74 Å². The van der Waals surface area contributed by atoms with Crippen molar-refractivity contribution < 1.29 is 9.84 Å². The van der Waals surface area contributed by atoms with E-state index >= 15 is 0 Å². The van der Waals surface area contributed by atoms with E-state index in [1.807, 2.05) is 0 Å². The van der Waals surface area contributed by atoms with Crippen LogP contribution in [0, 0.1) is 11.3 Å². The maximum Gasteiger partial charge on any atom is 0.0686 e. The van der Waals surface area contributed by atoms with Crippen molar-refractivity contribution in [3.63, 3.8) is 0 Å². The van der Waals surface area contributed by atoms with E-state index in [0.29, 0.717) is 5.92 Å². The van der Waals surface area contributed by atoms with E-state index in [1.54, 1.807) is 0 Å². The predicted molar refractivity (Wildman–Crippen MR) is 63.2 cm³/mol. The van der Waals surface area contributed by atoms with Gasteiger partial charge in [-0.2, -0.15) is 0 Å². The molecule has 2 heteroatoms. The minimum absolute atomic E-state index is 0.0751. The Hall–Kier alpha value is -0.0800. The van der Waals surface area contributed by atoms with Crippen molar-refractivity contribution >= 4 is 0 Å². The van der Waals surface area contributed by atoms with Crippen LogP contribution in [0.1, 0.15) is 58.3 Å². The van der Waals surface area contributed by atoms with Crippen LogP contribution in [0.25, 0.3) is 0 Å². The van der Waals surface area contributed by atoms with E-state index in [1.165, 1.54) is 38.5 Å². The molecule has 3 rings (SSSR count). The average Bonchev–Trinajstić information content (AvgIpc) is 2.89. The van der Waals surface area contributed by atoms with Crippen molar-refractivity contribution in [3.8, 4) is 0 Å². The van der Waals surface area contributed by atoms with Crippen LogP contribution >= 0.6 is 0 Å². The normalized spacial score (nSPS) is 37.5. The second kappa shape index (κ2) is 3.71. The smallest absolute Gasteiger partial charge is 0.0686 e. The van der Waals surface area contributed by atoms with Gasteiger partial charge in [0.15, 0.2) is 0 Å². The summed E-state index contributed by atoms with van der Waals surface area (Å²) in [7, 11) is 0. The van der Waals surface area contributed by atoms with Crippen molar-refractivity contribution in [3.05, 3.63) is 0 Å². The number of hydrogen-bond donors (Lipinski definition) is 1. The maximum atomic E-state index is 10.5. The zero-order valence-corrected chi connectivity index (χ0v) is 10.4. The molecule has 2 nitrogen and oxygen atoms in total. The summed E-state index contributed by atoms with van der Waals surface area (Å²) in [5.74, 6) is 0.499. The quantitative estimate of drug-likeness (QED) is 0.781. The molecule has 0 aromatic heterocycles. The van der Waals surface area contributed by atoms with Crippen LogP contribution < -0.4 is 0 Å². The van der Waals surface area contributed by atoms with Gasteiger partial charge in [-0.15, -0.1) is 0 Å². The van der Waals surface area contributed by atoms with Crippen LogP contribution in [0.15, 0.2) is 0 Å². The SMILES string of the molecule is CC1(C(O)C2CCOC3(CCCC3)C2)CC1. The van der Waals surface area contributed by atoms with Gasteiger partial charge < -0.3 is 9.84 Å². The zero-order valence-electron chi connectivity index (χ0n) is 10.4. The van der Waals surface area contributed by atoms with Crippen molar-refractivity contribution in [1.82, 2.24) is 0 Å². The summed E-state index contributed by atoms with van der Waals surface area (Å²) in [4.78, 5) is 0. The number of ether oxygens (including phenoxy) is 1. The molecule has 1 N–H and O–H groups in total. The molecule has 1 saturated heterocycles. The third-order valence-corrected chi connectivity index (χ3v) is 5.25. The maximum absolute atomic E-state index is 10.5. The molecular formula is C14H24O2. The number of aliphatic hydroxyl groups is 1. The van der Waals surface area contributed by atoms with Crippen LogP contribution in [0.2, 0.25) is 0 Å². The second-order valence-corrected chi connectivity index (χ2v) is 6.59. The third-order valence-electron chi connectivity index (χ3n) is 5.25. The fourth-order valence-corrected chi connectivity index (χ4v) is 3.76. The molecule has 2 saturated carbocycles. The second-order valence-electron chi connectivity index (χ2n) is 6.59. The van der Waals surface area contributed by atoms with Crippen molar-refractivity contribution in [2.24, 2.45) is 11.3 Å². The molecule has 1 heterocycles. The molecule has 0 amide bonds. The summed E-state index contributed by atoms with van der Waals surface area (Å²) in [6.45, 7) is 3.12. The molecule has 2 aliphatic carbocycles. The van der Waals surface area contributed by atoms with Gasteiger partial charge in [0, 0.05) is 6.61 Å². The Morgan fingerprint density at radius 1 is 1.19 bits per heavy atom. The first-order chi connectivity index (χ1) is 7.64. The molecule has 0 aromatic carbocycles. The van der Waals surface area contributed by atoms with E-state index in [-0.39, 0.29) is 17.1 Å². The lowest BCUT2D eigenvalue weighted by Gasteiger charge is -2.41. The Bertz CT molecular complexity index is 264. The van der Waals surface area contributed by atoms with Gasteiger partial charge in [0.2, 0.25) is 0 Å². The fourth-order valence-electron chi connectivity index (χ4n) is 3.76. The Morgan fingerprint density at radius 3 is 2.50 bits per heavy atom. The van der Waals surface area contributed by atoms with Crippen LogP contribution in [-0.4, -0.2) is 23.4 Å². The molecule has 16 heavy (non-hydrogen) atoms. The first-order valence-corrected chi connectivity index (χ1v) is 6.96. The van der Waals surface area contributed by atoms with Gasteiger partial charge in [0.25, 0.3) is 0 Å². The lowest BCUT2D eigenvalue weighted by molar-refractivity contribution is -0.121. The van der Waals surface area contributed by atoms with Gasteiger partial charge in [-0.05, 0) is 49.9 Å². The highest BCUT2D eigenvalue weighted by atomic mass is 16.5. The molecule has 3 fully saturated rings. The number of rotatable bonds is 2. The molecule has 0 radical (unpaired) electrons. The summed E-state index contributed by atoms with van der Waals surface area (Å²) in [6, 6.07) is 0. The standard InChI is InChI=1S/C14H24O2/c1-13(7-8-13)12(15)11-4-9-16-14(10-11)5-2-3-6-14/h11-12,15H,2-10H2,1H3. The topological polar surface area (TPSA) is 29.5 Å². The fraction of sp³-hybridized carbons (Fsp3) is 1.00. The minimum atomic E-state index is -0.0751. The molecule has 1 spiro atoms. The first-order valence-electron chi connectivity index (χ1n) is 6.96. The first kappa shape index (κ1) is 11.0. The lowest BCUT2D eigenvalue weighted by Crippen LogP contribution is -2.43. The molecular weight excluding hydrogens is 200 g/mol. The number of aliphatic hydroxyl groups excluding tert-OH is 1.